The number of fused-ring (bicyclic) bond motifs is 1. The third-order valence-corrected chi connectivity index (χ3v) is 5.19. The molecular formula is C21H24N2S. The molecule has 3 aromatic carbocycles. The molecule has 3 heteroatoms. The minimum Gasteiger partial charge on any atom is -0.311 e. The Kier molecular flexibility index (Phi) is 5.91. The van der Waals surface area contributed by atoms with Crippen molar-refractivity contribution in [1.29, 1.82) is 0 Å². The van der Waals surface area contributed by atoms with E-state index in [2.05, 4.69) is 91.0 Å². The van der Waals surface area contributed by atoms with Gasteiger partial charge in [0, 0.05) is 29.4 Å². The van der Waals surface area contributed by atoms with Crippen molar-refractivity contribution in [2.24, 2.45) is 0 Å². The van der Waals surface area contributed by atoms with Crippen LogP contribution in [-0.4, -0.2) is 32.1 Å². The molecule has 1 N–H and O–H groups in total. The summed E-state index contributed by atoms with van der Waals surface area (Å²) in [5, 5.41) is 6.16. The third kappa shape index (κ3) is 4.38. The lowest BCUT2D eigenvalue weighted by Crippen LogP contribution is -2.26. The van der Waals surface area contributed by atoms with Crippen molar-refractivity contribution < 1.29 is 0 Å². The van der Waals surface area contributed by atoms with Crippen LogP contribution in [-0.2, 0) is 6.54 Å². The number of hydrogen-bond donors (Lipinski definition) is 1. The summed E-state index contributed by atoms with van der Waals surface area (Å²) < 4.78 is 0. The standard InChI is InChI=1S/C21H24N2S/c1-23(2)15-14-22-16-18-9-4-6-12-20(18)24-21-13-7-10-17-8-3-5-11-19(17)21/h3-13,22H,14-16H2,1-2H3. The summed E-state index contributed by atoms with van der Waals surface area (Å²) >= 11 is 1.86. The van der Waals surface area contributed by atoms with Crippen molar-refractivity contribution in [3.8, 4) is 0 Å². The first-order valence-corrected chi connectivity index (χ1v) is 9.14. The van der Waals surface area contributed by atoms with Crippen LogP contribution in [0, 0.1) is 0 Å². The molecule has 0 spiro atoms. The smallest absolute Gasteiger partial charge is 0.0217 e. The highest BCUT2D eigenvalue weighted by atomic mass is 32.2. The van der Waals surface area contributed by atoms with Crippen LogP contribution in [0.3, 0.4) is 0 Å². The van der Waals surface area contributed by atoms with E-state index in [-0.39, 0.29) is 0 Å². The summed E-state index contributed by atoms with van der Waals surface area (Å²) in [6.45, 7) is 2.96. The Bertz CT molecular complexity index is 793. The van der Waals surface area contributed by atoms with E-state index in [1.165, 1.54) is 26.1 Å². The van der Waals surface area contributed by atoms with Crippen molar-refractivity contribution in [3.63, 3.8) is 0 Å². The molecule has 0 aliphatic carbocycles. The van der Waals surface area contributed by atoms with E-state index in [1.807, 2.05) is 11.8 Å². The van der Waals surface area contributed by atoms with Crippen molar-refractivity contribution >= 4 is 22.5 Å². The first kappa shape index (κ1) is 17.0. The van der Waals surface area contributed by atoms with E-state index in [4.69, 9.17) is 0 Å². The second-order valence-corrected chi connectivity index (χ2v) is 7.25. The first-order valence-electron chi connectivity index (χ1n) is 8.33. The van der Waals surface area contributed by atoms with Gasteiger partial charge in [-0.05, 0) is 42.6 Å². The van der Waals surface area contributed by atoms with Gasteiger partial charge in [-0.3, -0.25) is 0 Å². The van der Waals surface area contributed by atoms with Crippen LogP contribution in [0.1, 0.15) is 5.56 Å². The predicted octanol–water partition coefficient (Wildman–Crippen LogP) is 4.64. The molecule has 0 saturated heterocycles. The number of nitrogens with zero attached hydrogens (tertiary/aromatic N) is 1. The number of hydrogen-bond acceptors (Lipinski definition) is 3. The number of benzene rings is 3. The van der Waals surface area contributed by atoms with Crippen molar-refractivity contribution in [1.82, 2.24) is 10.2 Å². The molecule has 0 atom stereocenters. The SMILES string of the molecule is CN(C)CCNCc1ccccc1Sc1cccc2ccccc12. The van der Waals surface area contributed by atoms with Gasteiger partial charge in [-0.2, -0.15) is 0 Å². The first-order chi connectivity index (χ1) is 11.7. The summed E-state index contributed by atoms with van der Waals surface area (Å²) in [7, 11) is 4.21. The highest BCUT2D eigenvalue weighted by Crippen LogP contribution is 2.35. The predicted molar refractivity (Wildman–Crippen MR) is 105 cm³/mol. The zero-order valence-electron chi connectivity index (χ0n) is 14.3. The van der Waals surface area contributed by atoms with Gasteiger partial charge in [0.25, 0.3) is 0 Å². The topological polar surface area (TPSA) is 15.3 Å². The molecule has 0 aliphatic rings. The highest BCUT2D eigenvalue weighted by Gasteiger charge is 2.06. The Labute approximate surface area is 148 Å². The molecule has 124 valence electrons. The average molecular weight is 337 g/mol. The summed E-state index contributed by atoms with van der Waals surface area (Å²) in [4.78, 5) is 4.84. The Morgan fingerprint density at radius 3 is 2.42 bits per heavy atom. The van der Waals surface area contributed by atoms with Crippen LogP contribution >= 0.6 is 11.8 Å². The Morgan fingerprint density at radius 1 is 0.833 bits per heavy atom. The maximum Gasteiger partial charge on any atom is 0.0217 e. The Balaban J connectivity index is 1.77. The van der Waals surface area contributed by atoms with Crippen molar-refractivity contribution in [2.45, 2.75) is 16.3 Å². The fourth-order valence-electron chi connectivity index (χ4n) is 2.68. The molecule has 2 nitrogen and oxygen atoms in total. The lowest BCUT2D eigenvalue weighted by molar-refractivity contribution is 0.399. The highest BCUT2D eigenvalue weighted by molar-refractivity contribution is 7.99. The van der Waals surface area contributed by atoms with Crippen LogP contribution in [0.25, 0.3) is 10.8 Å². The zero-order valence-corrected chi connectivity index (χ0v) is 15.1. The molecule has 0 aromatic heterocycles. The molecule has 3 aromatic rings. The largest absolute Gasteiger partial charge is 0.311 e. The quantitative estimate of drug-likeness (QED) is 0.633. The summed E-state index contributed by atoms with van der Waals surface area (Å²) in [6.07, 6.45) is 0. The van der Waals surface area contributed by atoms with Gasteiger partial charge in [0.15, 0.2) is 0 Å². The van der Waals surface area contributed by atoms with E-state index < -0.39 is 0 Å². The third-order valence-electron chi connectivity index (χ3n) is 3.99. The van der Waals surface area contributed by atoms with Gasteiger partial charge in [-0.25, -0.2) is 0 Å². The van der Waals surface area contributed by atoms with Gasteiger partial charge >= 0.3 is 0 Å². The van der Waals surface area contributed by atoms with Crippen LogP contribution in [0.4, 0.5) is 0 Å². The van der Waals surface area contributed by atoms with E-state index in [9.17, 15) is 0 Å². The van der Waals surface area contributed by atoms with Crippen molar-refractivity contribution in [3.05, 3.63) is 72.3 Å². The van der Waals surface area contributed by atoms with Gasteiger partial charge in [0.05, 0.1) is 0 Å². The second kappa shape index (κ2) is 8.34. The fraction of sp³-hybridized carbons (Fsp3) is 0.238. The van der Waals surface area contributed by atoms with Gasteiger partial charge in [0.2, 0.25) is 0 Å². The molecule has 0 amide bonds. The maximum absolute atomic E-state index is 3.54. The molecule has 0 radical (unpaired) electrons. The van der Waals surface area contributed by atoms with E-state index in [0.29, 0.717) is 0 Å². The minimum atomic E-state index is 0.905. The molecule has 3 rings (SSSR count). The fourth-order valence-corrected chi connectivity index (χ4v) is 3.78. The lowest BCUT2D eigenvalue weighted by atomic mass is 10.1. The molecule has 0 bridgehead atoms. The number of nitrogens with one attached hydrogen (secondary N) is 1. The molecule has 0 aliphatic heterocycles. The molecule has 0 saturated carbocycles. The van der Waals surface area contributed by atoms with E-state index in [0.717, 1.165) is 19.6 Å². The van der Waals surface area contributed by atoms with Gasteiger partial charge < -0.3 is 10.2 Å². The Hall–Kier alpha value is -1.81. The van der Waals surface area contributed by atoms with Gasteiger partial charge in [-0.15, -0.1) is 0 Å². The van der Waals surface area contributed by atoms with Gasteiger partial charge in [-0.1, -0.05) is 66.4 Å². The van der Waals surface area contributed by atoms with Crippen LogP contribution in [0.2, 0.25) is 0 Å². The Morgan fingerprint density at radius 2 is 1.54 bits per heavy atom. The zero-order chi connectivity index (χ0) is 16.8. The summed E-state index contributed by atoms with van der Waals surface area (Å²) in [5.41, 5.74) is 1.36. The monoisotopic (exact) mass is 336 g/mol. The van der Waals surface area contributed by atoms with Crippen molar-refractivity contribution in [2.75, 3.05) is 27.2 Å². The molecule has 24 heavy (non-hydrogen) atoms. The molecule has 0 fully saturated rings. The van der Waals surface area contributed by atoms with Crippen LogP contribution in [0.15, 0.2) is 76.5 Å². The number of likely N-dealkylation sites (N-methyl/N-ethyl adjacent to an activating group) is 1. The summed E-state index contributed by atoms with van der Waals surface area (Å²) in [5.74, 6) is 0. The normalized spacial score (nSPS) is 11.3. The molecular weight excluding hydrogens is 312 g/mol. The lowest BCUT2D eigenvalue weighted by Gasteiger charge is -2.13. The van der Waals surface area contributed by atoms with E-state index >= 15 is 0 Å². The minimum absolute atomic E-state index is 0.905. The molecule has 0 unspecified atom stereocenters. The average Bonchev–Trinajstić information content (AvgIpc) is 2.60. The summed E-state index contributed by atoms with van der Waals surface area (Å²) in [6, 6.07) is 23.8. The number of rotatable bonds is 7. The maximum atomic E-state index is 3.54. The molecule has 0 heterocycles. The van der Waals surface area contributed by atoms with E-state index in [1.54, 1.807) is 0 Å². The van der Waals surface area contributed by atoms with Crippen LogP contribution < -0.4 is 5.32 Å². The second-order valence-electron chi connectivity index (χ2n) is 6.17. The van der Waals surface area contributed by atoms with Gasteiger partial charge in [0.1, 0.15) is 0 Å². The van der Waals surface area contributed by atoms with Crippen LogP contribution in [0.5, 0.6) is 0 Å².